The SMILES string of the molecule is CCCNCc1ccc(N(CCO)CC(F)F)c(Br)c1. The molecule has 0 aliphatic carbocycles. The van der Waals surface area contributed by atoms with Crippen LogP contribution in [0.3, 0.4) is 0 Å². The van der Waals surface area contributed by atoms with Gasteiger partial charge in [0.25, 0.3) is 6.43 Å². The summed E-state index contributed by atoms with van der Waals surface area (Å²) in [5, 5.41) is 12.3. The quantitative estimate of drug-likeness (QED) is 0.672. The molecule has 0 aromatic heterocycles. The Bertz CT molecular complexity index is 405. The molecule has 1 rings (SSSR count). The van der Waals surface area contributed by atoms with Crippen molar-refractivity contribution in [2.75, 3.05) is 31.1 Å². The Kier molecular flexibility index (Phi) is 8.02. The summed E-state index contributed by atoms with van der Waals surface area (Å²) < 4.78 is 25.9. The molecule has 3 nitrogen and oxygen atoms in total. The van der Waals surface area contributed by atoms with Gasteiger partial charge < -0.3 is 15.3 Å². The maximum atomic E-state index is 12.6. The highest BCUT2D eigenvalue weighted by Crippen LogP contribution is 2.28. The summed E-state index contributed by atoms with van der Waals surface area (Å²) in [4.78, 5) is 1.48. The zero-order valence-corrected chi connectivity index (χ0v) is 13.2. The average Bonchev–Trinajstić information content (AvgIpc) is 2.38. The molecule has 2 N–H and O–H groups in total. The third kappa shape index (κ3) is 5.73. The summed E-state index contributed by atoms with van der Waals surface area (Å²) in [5.74, 6) is 0. The van der Waals surface area contributed by atoms with Gasteiger partial charge in [-0.15, -0.1) is 0 Å². The van der Waals surface area contributed by atoms with Gasteiger partial charge in [0, 0.05) is 17.6 Å². The minimum Gasteiger partial charge on any atom is -0.395 e. The van der Waals surface area contributed by atoms with Crippen LogP contribution in [0.2, 0.25) is 0 Å². The summed E-state index contributed by atoms with van der Waals surface area (Å²) in [6.07, 6.45) is -1.36. The van der Waals surface area contributed by atoms with E-state index < -0.39 is 6.43 Å². The first-order chi connectivity index (χ1) is 9.58. The monoisotopic (exact) mass is 350 g/mol. The largest absolute Gasteiger partial charge is 0.395 e. The van der Waals surface area contributed by atoms with Crippen molar-refractivity contribution in [2.24, 2.45) is 0 Å². The average molecular weight is 351 g/mol. The van der Waals surface area contributed by atoms with Gasteiger partial charge in [-0.3, -0.25) is 0 Å². The van der Waals surface area contributed by atoms with Gasteiger partial charge in [-0.05, 0) is 46.6 Å². The molecule has 0 spiro atoms. The van der Waals surface area contributed by atoms with Gasteiger partial charge in [0.2, 0.25) is 0 Å². The molecule has 1 aromatic rings. The van der Waals surface area contributed by atoms with E-state index in [1.54, 1.807) is 0 Å². The Labute approximate surface area is 127 Å². The van der Waals surface area contributed by atoms with E-state index in [2.05, 4.69) is 28.2 Å². The Morgan fingerprint density at radius 2 is 2.15 bits per heavy atom. The lowest BCUT2D eigenvalue weighted by molar-refractivity contribution is 0.152. The van der Waals surface area contributed by atoms with E-state index >= 15 is 0 Å². The van der Waals surface area contributed by atoms with Crippen molar-refractivity contribution in [3.8, 4) is 0 Å². The summed E-state index contributed by atoms with van der Waals surface area (Å²) in [7, 11) is 0. The summed E-state index contributed by atoms with van der Waals surface area (Å²) in [6, 6.07) is 5.65. The normalized spacial score (nSPS) is 11.1. The third-order valence-corrected chi connectivity index (χ3v) is 3.47. The molecular formula is C14H21BrF2N2O. The van der Waals surface area contributed by atoms with Crippen molar-refractivity contribution < 1.29 is 13.9 Å². The van der Waals surface area contributed by atoms with Gasteiger partial charge in [0.1, 0.15) is 0 Å². The first-order valence-electron chi connectivity index (χ1n) is 6.71. The second kappa shape index (κ2) is 9.26. The molecule has 0 saturated carbocycles. The molecule has 0 amide bonds. The molecule has 0 atom stereocenters. The standard InChI is InChI=1S/C14H21BrF2N2O/c1-2-5-18-9-11-3-4-13(12(15)8-11)19(6-7-20)10-14(16)17/h3-4,8,14,18,20H,2,5-7,9-10H2,1H3. The molecule has 6 heteroatoms. The fourth-order valence-electron chi connectivity index (χ4n) is 1.92. The van der Waals surface area contributed by atoms with Crippen LogP contribution in [0.4, 0.5) is 14.5 Å². The summed E-state index contributed by atoms with van der Waals surface area (Å²) in [6.45, 7) is 3.45. The number of hydrogen-bond acceptors (Lipinski definition) is 3. The number of alkyl halides is 2. The number of nitrogens with zero attached hydrogens (tertiary/aromatic N) is 1. The Morgan fingerprint density at radius 3 is 2.70 bits per heavy atom. The van der Waals surface area contributed by atoms with Crippen LogP contribution in [0.15, 0.2) is 22.7 Å². The summed E-state index contributed by atoms with van der Waals surface area (Å²) >= 11 is 3.42. The van der Waals surface area contributed by atoms with Crippen molar-refractivity contribution in [1.82, 2.24) is 5.32 Å². The third-order valence-electron chi connectivity index (χ3n) is 2.84. The molecule has 1 aromatic carbocycles. The molecule has 0 saturated heterocycles. The zero-order valence-electron chi connectivity index (χ0n) is 11.6. The molecule has 0 aliphatic rings. The van der Waals surface area contributed by atoms with Gasteiger partial charge in [-0.1, -0.05) is 13.0 Å². The maximum absolute atomic E-state index is 12.6. The van der Waals surface area contributed by atoms with E-state index in [0.29, 0.717) is 5.69 Å². The Hall–Kier alpha value is -0.720. The van der Waals surface area contributed by atoms with Crippen LogP contribution in [0.1, 0.15) is 18.9 Å². The molecule has 114 valence electrons. The van der Waals surface area contributed by atoms with E-state index in [4.69, 9.17) is 5.11 Å². The fraction of sp³-hybridized carbons (Fsp3) is 0.571. The van der Waals surface area contributed by atoms with Crippen LogP contribution >= 0.6 is 15.9 Å². The van der Waals surface area contributed by atoms with Gasteiger partial charge in [0.15, 0.2) is 0 Å². The van der Waals surface area contributed by atoms with E-state index in [1.165, 1.54) is 4.90 Å². The number of aliphatic hydroxyl groups excluding tert-OH is 1. The molecule has 0 unspecified atom stereocenters. The van der Waals surface area contributed by atoms with Crippen LogP contribution in [-0.2, 0) is 6.54 Å². The number of halogens is 3. The smallest absolute Gasteiger partial charge is 0.255 e. The van der Waals surface area contributed by atoms with Crippen LogP contribution in [0.5, 0.6) is 0 Å². The molecule has 0 bridgehead atoms. The number of aliphatic hydroxyl groups is 1. The van der Waals surface area contributed by atoms with Crippen LogP contribution < -0.4 is 10.2 Å². The number of hydrogen-bond donors (Lipinski definition) is 2. The predicted molar refractivity (Wildman–Crippen MR) is 81.4 cm³/mol. The van der Waals surface area contributed by atoms with Crippen molar-refractivity contribution >= 4 is 21.6 Å². The maximum Gasteiger partial charge on any atom is 0.255 e. The van der Waals surface area contributed by atoms with E-state index in [-0.39, 0.29) is 19.7 Å². The van der Waals surface area contributed by atoms with Gasteiger partial charge in [0.05, 0.1) is 18.8 Å². The molecule has 20 heavy (non-hydrogen) atoms. The molecule has 0 aliphatic heterocycles. The number of nitrogens with one attached hydrogen (secondary N) is 1. The van der Waals surface area contributed by atoms with Crippen LogP contribution in [0.25, 0.3) is 0 Å². The molecular weight excluding hydrogens is 330 g/mol. The first kappa shape index (κ1) is 17.3. The topological polar surface area (TPSA) is 35.5 Å². The lowest BCUT2D eigenvalue weighted by atomic mass is 10.2. The second-order valence-electron chi connectivity index (χ2n) is 4.52. The van der Waals surface area contributed by atoms with E-state index in [0.717, 1.165) is 29.5 Å². The van der Waals surface area contributed by atoms with Crippen molar-refractivity contribution in [3.63, 3.8) is 0 Å². The van der Waals surface area contributed by atoms with Crippen molar-refractivity contribution in [1.29, 1.82) is 0 Å². The molecule has 0 radical (unpaired) electrons. The van der Waals surface area contributed by atoms with Crippen molar-refractivity contribution in [3.05, 3.63) is 28.2 Å². The van der Waals surface area contributed by atoms with E-state index in [9.17, 15) is 8.78 Å². The number of rotatable bonds is 9. The fourth-order valence-corrected chi connectivity index (χ4v) is 2.60. The second-order valence-corrected chi connectivity index (χ2v) is 5.38. The highest BCUT2D eigenvalue weighted by atomic mass is 79.9. The summed E-state index contributed by atoms with van der Waals surface area (Å²) in [5.41, 5.74) is 1.77. The predicted octanol–water partition coefficient (Wildman–Crippen LogP) is 3.01. The van der Waals surface area contributed by atoms with Crippen LogP contribution in [0, 0.1) is 0 Å². The van der Waals surface area contributed by atoms with Gasteiger partial charge in [-0.2, -0.15) is 0 Å². The zero-order chi connectivity index (χ0) is 15.0. The minimum atomic E-state index is -2.43. The van der Waals surface area contributed by atoms with Gasteiger partial charge in [-0.25, -0.2) is 8.78 Å². The van der Waals surface area contributed by atoms with Crippen molar-refractivity contribution in [2.45, 2.75) is 26.3 Å². The highest BCUT2D eigenvalue weighted by Gasteiger charge is 2.15. The van der Waals surface area contributed by atoms with E-state index in [1.807, 2.05) is 18.2 Å². The Balaban J connectivity index is 2.78. The lowest BCUT2D eigenvalue weighted by Gasteiger charge is -2.25. The minimum absolute atomic E-state index is 0.154. The Morgan fingerprint density at radius 1 is 1.40 bits per heavy atom. The molecule has 0 fully saturated rings. The first-order valence-corrected chi connectivity index (χ1v) is 7.50. The highest BCUT2D eigenvalue weighted by molar-refractivity contribution is 9.10. The van der Waals surface area contributed by atoms with Crippen LogP contribution in [-0.4, -0.2) is 37.8 Å². The van der Waals surface area contributed by atoms with Gasteiger partial charge >= 0.3 is 0 Å². The number of anilines is 1. The molecule has 0 heterocycles. The number of benzene rings is 1. The lowest BCUT2D eigenvalue weighted by Crippen LogP contribution is -2.31.